The van der Waals surface area contributed by atoms with Crippen molar-refractivity contribution in [3.05, 3.63) is 28.7 Å². The van der Waals surface area contributed by atoms with E-state index in [1.54, 1.807) is 19.1 Å². The molecule has 1 amide bonds. The fourth-order valence-corrected chi connectivity index (χ4v) is 2.60. The summed E-state index contributed by atoms with van der Waals surface area (Å²) in [5.41, 5.74) is -1.11. The number of carbonyl (C=O) groups excluding carboxylic acids is 1. The van der Waals surface area contributed by atoms with Crippen LogP contribution in [0.3, 0.4) is 0 Å². The maximum atomic E-state index is 12.1. The number of halogens is 1. The summed E-state index contributed by atoms with van der Waals surface area (Å²) in [7, 11) is 0. The molecular formula is C14H16BrNO4. The minimum atomic E-state index is -1.11. The third-order valence-corrected chi connectivity index (χ3v) is 4.11. The normalized spacial score (nSPS) is 21.8. The Labute approximate surface area is 125 Å². The number of likely N-dealkylation sites (tertiary alicyclic amines) is 1. The third-order valence-electron chi connectivity index (χ3n) is 3.58. The second kappa shape index (κ2) is 5.83. The Hall–Kier alpha value is -1.56. The van der Waals surface area contributed by atoms with Crippen molar-refractivity contribution in [2.45, 2.75) is 25.3 Å². The Kier molecular flexibility index (Phi) is 4.32. The van der Waals surface area contributed by atoms with Gasteiger partial charge < -0.3 is 14.7 Å². The lowest BCUT2D eigenvalue weighted by atomic mass is 9.99. The van der Waals surface area contributed by atoms with E-state index in [4.69, 9.17) is 4.74 Å². The van der Waals surface area contributed by atoms with Gasteiger partial charge in [-0.3, -0.25) is 4.79 Å². The van der Waals surface area contributed by atoms with Gasteiger partial charge >= 0.3 is 5.97 Å². The van der Waals surface area contributed by atoms with Crippen LogP contribution in [0.1, 0.15) is 19.8 Å². The van der Waals surface area contributed by atoms with Crippen molar-refractivity contribution in [1.29, 1.82) is 0 Å². The highest BCUT2D eigenvalue weighted by Crippen LogP contribution is 2.29. The summed E-state index contributed by atoms with van der Waals surface area (Å²) in [6.45, 7) is 1.90. The minimum Gasteiger partial charge on any atom is -0.484 e. The number of rotatable bonds is 4. The van der Waals surface area contributed by atoms with E-state index >= 15 is 0 Å². The lowest BCUT2D eigenvalue weighted by molar-refractivity contribution is -0.156. The first-order valence-corrected chi connectivity index (χ1v) is 7.15. The molecule has 1 unspecified atom stereocenters. The number of hydrogen-bond donors (Lipinski definition) is 1. The minimum absolute atomic E-state index is 0.148. The van der Waals surface area contributed by atoms with Gasteiger partial charge in [-0.2, -0.15) is 0 Å². The van der Waals surface area contributed by atoms with Crippen LogP contribution in [-0.2, 0) is 9.59 Å². The zero-order valence-corrected chi connectivity index (χ0v) is 12.7. The van der Waals surface area contributed by atoms with E-state index in [0.29, 0.717) is 25.1 Å². The van der Waals surface area contributed by atoms with Crippen molar-refractivity contribution in [2.24, 2.45) is 0 Å². The molecule has 1 atom stereocenters. The number of amides is 1. The fraction of sp³-hybridized carbons (Fsp3) is 0.429. The van der Waals surface area contributed by atoms with Crippen molar-refractivity contribution in [3.8, 4) is 5.75 Å². The summed E-state index contributed by atoms with van der Waals surface area (Å²) in [5, 5.41) is 9.27. The number of hydrogen-bond acceptors (Lipinski definition) is 3. The predicted molar refractivity (Wildman–Crippen MR) is 76.6 cm³/mol. The molecule has 0 aromatic heterocycles. The van der Waals surface area contributed by atoms with Crippen molar-refractivity contribution in [1.82, 2.24) is 4.90 Å². The quantitative estimate of drug-likeness (QED) is 0.912. The van der Waals surface area contributed by atoms with Gasteiger partial charge in [0.05, 0.1) is 0 Å². The van der Waals surface area contributed by atoms with Gasteiger partial charge in [0.25, 0.3) is 5.91 Å². The molecule has 1 aromatic carbocycles. The molecule has 2 rings (SSSR count). The molecule has 1 heterocycles. The highest BCUT2D eigenvalue weighted by molar-refractivity contribution is 9.10. The summed E-state index contributed by atoms with van der Waals surface area (Å²) >= 11 is 3.31. The van der Waals surface area contributed by atoms with Crippen LogP contribution in [-0.4, -0.2) is 40.6 Å². The SMILES string of the molecule is CC1(C(=O)O)CCCN1C(=O)COc1ccc(Br)cc1. The van der Waals surface area contributed by atoms with E-state index in [2.05, 4.69) is 15.9 Å². The van der Waals surface area contributed by atoms with Crippen molar-refractivity contribution in [2.75, 3.05) is 13.2 Å². The first kappa shape index (κ1) is 14.8. The van der Waals surface area contributed by atoms with E-state index < -0.39 is 11.5 Å². The number of benzene rings is 1. The molecular weight excluding hydrogens is 326 g/mol. The standard InChI is InChI=1S/C14H16BrNO4/c1-14(13(18)19)7-2-8-16(14)12(17)9-20-11-5-3-10(15)4-6-11/h3-6H,2,7-9H2,1H3,(H,18,19). The van der Waals surface area contributed by atoms with Gasteiger partial charge in [0.15, 0.2) is 6.61 Å². The van der Waals surface area contributed by atoms with Crippen LogP contribution in [0.2, 0.25) is 0 Å². The molecule has 0 radical (unpaired) electrons. The van der Waals surface area contributed by atoms with Crippen LogP contribution in [0, 0.1) is 0 Å². The largest absolute Gasteiger partial charge is 0.484 e. The van der Waals surface area contributed by atoms with Gasteiger partial charge in [0, 0.05) is 11.0 Å². The Balaban J connectivity index is 1.98. The van der Waals surface area contributed by atoms with Crippen LogP contribution >= 0.6 is 15.9 Å². The van der Waals surface area contributed by atoms with E-state index in [-0.39, 0.29) is 12.5 Å². The number of nitrogens with zero attached hydrogens (tertiary/aromatic N) is 1. The summed E-state index contributed by atoms with van der Waals surface area (Å²) in [5.74, 6) is -0.680. The predicted octanol–water partition coefficient (Wildman–Crippen LogP) is 2.29. The van der Waals surface area contributed by atoms with Crippen molar-refractivity contribution in [3.63, 3.8) is 0 Å². The Bertz CT molecular complexity index is 516. The fourth-order valence-electron chi connectivity index (χ4n) is 2.34. The van der Waals surface area contributed by atoms with Crippen LogP contribution in [0.5, 0.6) is 5.75 Å². The smallest absolute Gasteiger partial charge is 0.329 e. The maximum absolute atomic E-state index is 12.1. The van der Waals surface area contributed by atoms with Gasteiger partial charge in [-0.1, -0.05) is 15.9 Å². The first-order chi connectivity index (χ1) is 9.43. The zero-order valence-electron chi connectivity index (χ0n) is 11.1. The number of ether oxygens (including phenoxy) is 1. The molecule has 1 aliphatic rings. The monoisotopic (exact) mass is 341 g/mol. The number of carbonyl (C=O) groups is 2. The summed E-state index contributed by atoms with van der Waals surface area (Å²) < 4.78 is 6.33. The zero-order chi connectivity index (χ0) is 14.8. The first-order valence-electron chi connectivity index (χ1n) is 6.36. The molecule has 1 fully saturated rings. The number of aliphatic carboxylic acids is 1. The molecule has 6 heteroatoms. The van der Waals surface area contributed by atoms with Gasteiger partial charge in [-0.15, -0.1) is 0 Å². The van der Waals surface area contributed by atoms with Crippen molar-refractivity contribution >= 4 is 27.8 Å². The topological polar surface area (TPSA) is 66.8 Å². The van der Waals surface area contributed by atoms with Gasteiger partial charge in [0.1, 0.15) is 11.3 Å². The maximum Gasteiger partial charge on any atom is 0.329 e. The van der Waals surface area contributed by atoms with Crippen LogP contribution in [0.25, 0.3) is 0 Å². The average Bonchev–Trinajstić information content (AvgIpc) is 2.81. The molecule has 0 spiro atoms. The second-order valence-electron chi connectivity index (χ2n) is 4.97. The molecule has 0 bridgehead atoms. The molecule has 0 aliphatic carbocycles. The summed E-state index contributed by atoms with van der Waals surface area (Å²) in [6.07, 6.45) is 1.18. The lowest BCUT2D eigenvalue weighted by Crippen LogP contribution is -2.52. The third kappa shape index (κ3) is 2.95. The molecule has 1 saturated heterocycles. The van der Waals surface area contributed by atoms with E-state index in [0.717, 1.165) is 4.47 Å². The van der Waals surface area contributed by atoms with E-state index in [1.807, 2.05) is 12.1 Å². The molecule has 0 saturated carbocycles. The molecule has 20 heavy (non-hydrogen) atoms. The lowest BCUT2D eigenvalue weighted by Gasteiger charge is -2.31. The van der Waals surface area contributed by atoms with Crippen molar-refractivity contribution < 1.29 is 19.4 Å². The van der Waals surface area contributed by atoms with Gasteiger partial charge in [-0.25, -0.2) is 4.79 Å². The summed E-state index contributed by atoms with van der Waals surface area (Å²) in [4.78, 5) is 24.8. The highest BCUT2D eigenvalue weighted by Gasteiger charge is 2.45. The average molecular weight is 342 g/mol. The Morgan fingerprint density at radius 3 is 2.65 bits per heavy atom. The van der Waals surface area contributed by atoms with Crippen LogP contribution in [0.15, 0.2) is 28.7 Å². The molecule has 1 N–H and O–H groups in total. The van der Waals surface area contributed by atoms with E-state index in [1.165, 1.54) is 4.90 Å². The van der Waals surface area contributed by atoms with Crippen LogP contribution < -0.4 is 4.74 Å². The van der Waals surface area contributed by atoms with E-state index in [9.17, 15) is 14.7 Å². The van der Waals surface area contributed by atoms with Gasteiger partial charge in [0.2, 0.25) is 0 Å². The van der Waals surface area contributed by atoms with Gasteiger partial charge in [-0.05, 0) is 44.0 Å². The van der Waals surface area contributed by atoms with Crippen LogP contribution in [0.4, 0.5) is 0 Å². The molecule has 1 aliphatic heterocycles. The number of carboxylic acids is 1. The Morgan fingerprint density at radius 2 is 2.05 bits per heavy atom. The number of carboxylic acid groups (broad SMARTS) is 1. The Morgan fingerprint density at radius 1 is 1.40 bits per heavy atom. The molecule has 1 aromatic rings. The summed E-state index contributed by atoms with van der Waals surface area (Å²) in [6, 6.07) is 7.13. The second-order valence-corrected chi connectivity index (χ2v) is 5.89. The molecule has 108 valence electrons. The highest BCUT2D eigenvalue weighted by atomic mass is 79.9. The molecule has 5 nitrogen and oxygen atoms in total.